The molecule has 1 aliphatic carbocycles. The average Bonchev–Trinajstić information content (AvgIpc) is 3.15. The highest BCUT2D eigenvalue weighted by Gasteiger charge is 2.17. The molecule has 7 heteroatoms. The van der Waals surface area contributed by atoms with Crippen molar-refractivity contribution in [2.75, 3.05) is 34.3 Å². The maximum Gasteiger partial charge on any atom is 0.314 e. The largest absolute Gasteiger partial charge is 0.497 e. The molecule has 0 radical (unpaired) electrons. The lowest BCUT2D eigenvalue weighted by atomic mass is 10.1. The van der Waals surface area contributed by atoms with Gasteiger partial charge >= 0.3 is 6.03 Å². The Balaban J connectivity index is 1.70. The predicted molar refractivity (Wildman–Crippen MR) is 106 cm³/mol. The number of benzene rings is 1. The maximum atomic E-state index is 12.0. The van der Waals surface area contributed by atoms with Crippen LogP contribution in [0.3, 0.4) is 0 Å². The summed E-state index contributed by atoms with van der Waals surface area (Å²) >= 11 is 0. The number of hydrogen-bond donors (Lipinski definition) is 3. The van der Waals surface area contributed by atoms with Crippen LogP contribution in [0.15, 0.2) is 24.3 Å². The number of hydrogen-bond acceptors (Lipinski definition) is 4. The molecule has 1 atom stereocenters. The lowest BCUT2D eigenvalue weighted by Gasteiger charge is -2.25. The van der Waals surface area contributed by atoms with Gasteiger partial charge in [0.25, 0.3) is 0 Å². The number of ether oxygens (including phenoxy) is 1. The van der Waals surface area contributed by atoms with Gasteiger partial charge in [-0.05, 0) is 44.6 Å². The van der Waals surface area contributed by atoms with Gasteiger partial charge in [-0.1, -0.05) is 25.0 Å². The number of nitrogens with zero attached hydrogens (tertiary/aromatic N) is 1. The second-order valence-corrected chi connectivity index (χ2v) is 7.19. The summed E-state index contributed by atoms with van der Waals surface area (Å²) < 4.78 is 5.19. The molecular weight excluding hydrogens is 344 g/mol. The molecule has 0 aliphatic heterocycles. The molecular formula is C20H32N4O3. The molecule has 1 aliphatic rings. The third kappa shape index (κ3) is 7.09. The van der Waals surface area contributed by atoms with Crippen LogP contribution < -0.4 is 20.7 Å². The topological polar surface area (TPSA) is 82.7 Å². The molecule has 1 fully saturated rings. The highest BCUT2D eigenvalue weighted by Crippen LogP contribution is 2.20. The molecule has 0 aromatic heterocycles. The van der Waals surface area contributed by atoms with E-state index in [4.69, 9.17) is 4.74 Å². The monoisotopic (exact) mass is 376 g/mol. The number of carbonyl (C=O) groups is 2. The van der Waals surface area contributed by atoms with Gasteiger partial charge in [-0.25, -0.2) is 4.79 Å². The Hall–Kier alpha value is -2.28. The van der Waals surface area contributed by atoms with Crippen LogP contribution in [0.4, 0.5) is 4.79 Å². The molecule has 150 valence electrons. The van der Waals surface area contributed by atoms with E-state index in [0.717, 1.165) is 24.2 Å². The zero-order chi connectivity index (χ0) is 19.6. The molecule has 1 saturated carbocycles. The lowest BCUT2D eigenvalue weighted by Crippen LogP contribution is -2.42. The second kappa shape index (κ2) is 10.8. The Morgan fingerprint density at radius 1 is 1.15 bits per heavy atom. The molecule has 3 N–H and O–H groups in total. The van der Waals surface area contributed by atoms with E-state index in [2.05, 4.69) is 20.9 Å². The van der Waals surface area contributed by atoms with Crippen LogP contribution in [0.1, 0.15) is 43.7 Å². The fourth-order valence-corrected chi connectivity index (χ4v) is 3.34. The molecule has 1 unspecified atom stereocenters. The summed E-state index contributed by atoms with van der Waals surface area (Å²) in [6, 6.07) is 7.92. The Bertz CT molecular complexity index is 598. The summed E-state index contributed by atoms with van der Waals surface area (Å²) in [6.45, 7) is 0.805. The van der Waals surface area contributed by atoms with Crippen LogP contribution in [-0.4, -0.2) is 57.2 Å². The minimum absolute atomic E-state index is 0.00611. The third-order valence-corrected chi connectivity index (χ3v) is 4.94. The zero-order valence-electron chi connectivity index (χ0n) is 16.6. The first kappa shape index (κ1) is 21.0. The summed E-state index contributed by atoms with van der Waals surface area (Å²) in [4.78, 5) is 26.0. The van der Waals surface area contributed by atoms with E-state index in [1.54, 1.807) is 7.11 Å². The number of nitrogens with one attached hydrogen (secondary N) is 3. The molecule has 0 heterocycles. The Morgan fingerprint density at radius 2 is 1.81 bits per heavy atom. The molecule has 2 rings (SSSR count). The quantitative estimate of drug-likeness (QED) is 0.616. The van der Waals surface area contributed by atoms with E-state index in [9.17, 15) is 9.59 Å². The SMILES string of the molecule is COc1ccc(C(CNC(=O)NCCC(=O)NC2CCCC2)N(C)C)cc1. The molecule has 1 aromatic carbocycles. The van der Waals surface area contributed by atoms with Crippen molar-refractivity contribution in [3.05, 3.63) is 29.8 Å². The fourth-order valence-electron chi connectivity index (χ4n) is 3.34. The van der Waals surface area contributed by atoms with Crippen molar-refractivity contribution in [2.45, 2.75) is 44.2 Å². The molecule has 27 heavy (non-hydrogen) atoms. The van der Waals surface area contributed by atoms with Crippen molar-refractivity contribution in [3.63, 3.8) is 0 Å². The van der Waals surface area contributed by atoms with Crippen LogP contribution in [0.2, 0.25) is 0 Å². The van der Waals surface area contributed by atoms with Crippen molar-refractivity contribution in [1.29, 1.82) is 0 Å². The number of rotatable bonds is 9. The van der Waals surface area contributed by atoms with Crippen molar-refractivity contribution in [1.82, 2.24) is 20.9 Å². The Kier molecular flexibility index (Phi) is 8.39. The van der Waals surface area contributed by atoms with Gasteiger partial charge in [0.1, 0.15) is 5.75 Å². The highest BCUT2D eigenvalue weighted by atomic mass is 16.5. The zero-order valence-corrected chi connectivity index (χ0v) is 16.6. The van der Waals surface area contributed by atoms with Crippen LogP contribution in [0.5, 0.6) is 5.75 Å². The number of methoxy groups -OCH3 is 1. The summed E-state index contributed by atoms with van der Waals surface area (Å²) in [7, 11) is 5.59. The minimum atomic E-state index is -0.260. The normalized spacial score (nSPS) is 15.4. The summed E-state index contributed by atoms with van der Waals surface area (Å²) in [6.07, 6.45) is 4.81. The van der Waals surface area contributed by atoms with E-state index in [-0.39, 0.29) is 18.0 Å². The second-order valence-electron chi connectivity index (χ2n) is 7.19. The Morgan fingerprint density at radius 3 is 2.41 bits per heavy atom. The van der Waals surface area contributed by atoms with Gasteiger partial charge in [-0.2, -0.15) is 0 Å². The number of likely N-dealkylation sites (N-methyl/N-ethyl adjacent to an activating group) is 1. The fraction of sp³-hybridized carbons (Fsp3) is 0.600. The van der Waals surface area contributed by atoms with Crippen LogP contribution in [0, 0.1) is 0 Å². The lowest BCUT2D eigenvalue weighted by molar-refractivity contribution is -0.121. The van der Waals surface area contributed by atoms with E-state index in [1.165, 1.54) is 12.8 Å². The molecule has 0 bridgehead atoms. The molecule has 0 spiro atoms. The summed E-state index contributed by atoms with van der Waals surface area (Å²) in [5, 5.41) is 8.66. The minimum Gasteiger partial charge on any atom is -0.497 e. The molecule has 7 nitrogen and oxygen atoms in total. The Labute approximate surface area is 161 Å². The number of amides is 3. The first-order valence-corrected chi connectivity index (χ1v) is 9.61. The highest BCUT2D eigenvalue weighted by molar-refractivity contribution is 5.78. The smallest absolute Gasteiger partial charge is 0.314 e. The van der Waals surface area contributed by atoms with E-state index in [0.29, 0.717) is 25.6 Å². The van der Waals surface area contributed by atoms with Gasteiger partial charge in [-0.3, -0.25) is 4.79 Å². The van der Waals surface area contributed by atoms with Gasteiger partial charge < -0.3 is 25.6 Å². The van der Waals surface area contributed by atoms with Gasteiger partial charge in [0.05, 0.1) is 13.2 Å². The third-order valence-electron chi connectivity index (χ3n) is 4.94. The van der Waals surface area contributed by atoms with Crippen molar-refractivity contribution in [3.8, 4) is 5.75 Å². The van der Waals surface area contributed by atoms with Crippen LogP contribution in [-0.2, 0) is 4.79 Å². The van der Waals surface area contributed by atoms with Crippen LogP contribution in [0.25, 0.3) is 0 Å². The predicted octanol–water partition coefficient (Wildman–Crippen LogP) is 2.05. The summed E-state index contributed by atoms with van der Waals surface area (Å²) in [5.41, 5.74) is 1.09. The molecule has 0 saturated heterocycles. The van der Waals surface area contributed by atoms with Gasteiger partial charge in [0.2, 0.25) is 5.91 Å². The summed E-state index contributed by atoms with van der Waals surface area (Å²) in [5.74, 6) is 0.810. The number of carbonyl (C=O) groups excluding carboxylic acids is 2. The van der Waals surface area contributed by atoms with E-state index in [1.807, 2.05) is 38.4 Å². The molecule has 1 aromatic rings. The van der Waals surface area contributed by atoms with E-state index < -0.39 is 0 Å². The van der Waals surface area contributed by atoms with E-state index >= 15 is 0 Å². The van der Waals surface area contributed by atoms with Gasteiger partial charge in [-0.15, -0.1) is 0 Å². The van der Waals surface area contributed by atoms with Crippen molar-refractivity contribution in [2.24, 2.45) is 0 Å². The van der Waals surface area contributed by atoms with Crippen molar-refractivity contribution >= 4 is 11.9 Å². The standard InChI is InChI=1S/C20H32N4O3/c1-24(2)18(15-8-10-17(27-3)11-9-15)14-22-20(26)21-13-12-19(25)23-16-6-4-5-7-16/h8-11,16,18H,4-7,12-14H2,1-3H3,(H,23,25)(H2,21,22,26). The first-order chi connectivity index (χ1) is 13.0. The molecule has 3 amide bonds. The van der Waals surface area contributed by atoms with Gasteiger partial charge in [0.15, 0.2) is 0 Å². The first-order valence-electron chi connectivity index (χ1n) is 9.61. The maximum absolute atomic E-state index is 12.0. The van der Waals surface area contributed by atoms with Crippen molar-refractivity contribution < 1.29 is 14.3 Å². The number of urea groups is 1. The van der Waals surface area contributed by atoms with Crippen LogP contribution >= 0.6 is 0 Å². The van der Waals surface area contributed by atoms with Gasteiger partial charge in [0, 0.05) is 25.6 Å². The average molecular weight is 377 g/mol.